The van der Waals surface area contributed by atoms with E-state index in [1.165, 1.54) is 16.0 Å². The van der Waals surface area contributed by atoms with Crippen molar-refractivity contribution in [3.05, 3.63) is 57.3 Å². The lowest BCUT2D eigenvalue weighted by Crippen LogP contribution is -2.48. The summed E-state index contributed by atoms with van der Waals surface area (Å²) in [6.45, 7) is 11.0. The highest BCUT2D eigenvalue weighted by Crippen LogP contribution is 2.19. The molecule has 1 aromatic heterocycles. The zero-order valence-electron chi connectivity index (χ0n) is 14.8. The number of thiophene rings is 1. The van der Waals surface area contributed by atoms with Crippen LogP contribution in [0.5, 0.6) is 0 Å². The molecule has 2 aromatic rings. The van der Waals surface area contributed by atoms with Gasteiger partial charge in [0.1, 0.15) is 0 Å². The molecule has 1 fully saturated rings. The van der Waals surface area contributed by atoms with E-state index in [1.54, 1.807) is 11.3 Å². The lowest BCUT2D eigenvalue weighted by Gasteiger charge is -2.34. The molecule has 128 valence electrons. The molecule has 3 rings (SSSR count). The van der Waals surface area contributed by atoms with Crippen LogP contribution >= 0.6 is 11.3 Å². The molecule has 0 unspecified atom stereocenters. The van der Waals surface area contributed by atoms with E-state index in [0.717, 1.165) is 37.6 Å². The summed E-state index contributed by atoms with van der Waals surface area (Å²) in [6.07, 6.45) is 0. The zero-order chi connectivity index (χ0) is 17.1. The minimum atomic E-state index is 0.189. The first-order chi connectivity index (χ1) is 11.5. The molecular formula is C20H26N2OS. The van der Waals surface area contributed by atoms with Crippen LogP contribution in [0.25, 0.3) is 0 Å². The van der Waals surface area contributed by atoms with E-state index in [0.29, 0.717) is 5.92 Å². The second kappa shape index (κ2) is 7.49. The van der Waals surface area contributed by atoms with Crippen LogP contribution in [0.4, 0.5) is 0 Å². The van der Waals surface area contributed by atoms with E-state index in [-0.39, 0.29) is 5.91 Å². The highest BCUT2D eigenvalue weighted by molar-refractivity contribution is 7.13. The van der Waals surface area contributed by atoms with E-state index in [2.05, 4.69) is 43.0 Å². The third-order valence-electron chi connectivity index (χ3n) is 4.66. The highest BCUT2D eigenvalue weighted by atomic mass is 32.1. The fourth-order valence-corrected chi connectivity index (χ4v) is 3.92. The first-order valence-corrected chi connectivity index (χ1v) is 9.51. The minimum absolute atomic E-state index is 0.189. The van der Waals surface area contributed by atoms with E-state index >= 15 is 0 Å². The number of hydrogen-bond acceptors (Lipinski definition) is 3. The molecule has 1 aliphatic rings. The molecule has 2 heterocycles. The molecule has 4 heteroatoms. The Labute approximate surface area is 148 Å². The molecule has 0 N–H and O–H groups in total. The molecule has 0 bridgehead atoms. The van der Waals surface area contributed by atoms with E-state index in [1.807, 2.05) is 24.0 Å². The zero-order valence-corrected chi connectivity index (χ0v) is 15.6. The average Bonchev–Trinajstić information content (AvgIpc) is 3.02. The van der Waals surface area contributed by atoms with Crippen molar-refractivity contribution in [2.24, 2.45) is 0 Å². The van der Waals surface area contributed by atoms with Gasteiger partial charge in [0.25, 0.3) is 5.91 Å². The minimum Gasteiger partial charge on any atom is -0.335 e. The van der Waals surface area contributed by atoms with E-state index < -0.39 is 0 Å². The number of carbonyl (C=O) groups excluding carboxylic acids is 1. The van der Waals surface area contributed by atoms with Crippen LogP contribution in [0.2, 0.25) is 0 Å². The molecule has 0 radical (unpaired) electrons. The third kappa shape index (κ3) is 4.05. The van der Waals surface area contributed by atoms with Crippen LogP contribution < -0.4 is 0 Å². The van der Waals surface area contributed by atoms with Gasteiger partial charge in [-0.05, 0) is 36.1 Å². The van der Waals surface area contributed by atoms with Gasteiger partial charge in [-0.3, -0.25) is 9.69 Å². The number of amides is 1. The van der Waals surface area contributed by atoms with Gasteiger partial charge in [-0.2, -0.15) is 0 Å². The topological polar surface area (TPSA) is 23.6 Å². The highest BCUT2D eigenvalue weighted by Gasteiger charge is 2.23. The van der Waals surface area contributed by atoms with Crippen LogP contribution in [0, 0.1) is 6.92 Å². The van der Waals surface area contributed by atoms with Crippen molar-refractivity contribution in [3.63, 3.8) is 0 Å². The quantitative estimate of drug-likeness (QED) is 0.834. The summed E-state index contributed by atoms with van der Waals surface area (Å²) < 4.78 is 0. The standard InChI is InChI=1S/C20H26N2OS/c1-15(2)18-7-5-17(6-8-18)14-21-10-12-22(13-11-21)20(23)19-9-4-16(3)24-19/h4-9,15H,10-14H2,1-3H3. The number of rotatable bonds is 4. The average molecular weight is 343 g/mol. The molecule has 0 saturated carbocycles. The summed E-state index contributed by atoms with van der Waals surface area (Å²) in [5, 5.41) is 0. The van der Waals surface area contributed by atoms with Crippen molar-refractivity contribution < 1.29 is 4.79 Å². The van der Waals surface area contributed by atoms with Crippen LogP contribution in [-0.4, -0.2) is 41.9 Å². The molecule has 0 atom stereocenters. The number of nitrogens with zero attached hydrogens (tertiary/aromatic N) is 2. The van der Waals surface area contributed by atoms with Crippen LogP contribution in [0.1, 0.15) is 45.4 Å². The van der Waals surface area contributed by atoms with Crippen molar-refractivity contribution >= 4 is 17.2 Å². The number of benzene rings is 1. The summed E-state index contributed by atoms with van der Waals surface area (Å²) in [6, 6.07) is 12.9. The molecule has 3 nitrogen and oxygen atoms in total. The predicted octanol–water partition coefficient (Wildman–Crippen LogP) is 4.14. The van der Waals surface area contributed by atoms with Gasteiger partial charge in [0, 0.05) is 37.6 Å². The fourth-order valence-electron chi connectivity index (χ4n) is 3.08. The second-order valence-electron chi connectivity index (χ2n) is 6.87. The maximum Gasteiger partial charge on any atom is 0.264 e. The maximum atomic E-state index is 12.5. The fraction of sp³-hybridized carbons (Fsp3) is 0.450. The number of hydrogen-bond donors (Lipinski definition) is 0. The number of aryl methyl sites for hydroxylation is 1. The van der Waals surface area contributed by atoms with Crippen molar-refractivity contribution in [3.8, 4) is 0 Å². The Morgan fingerprint density at radius 3 is 2.25 bits per heavy atom. The smallest absolute Gasteiger partial charge is 0.264 e. The SMILES string of the molecule is Cc1ccc(C(=O)N2CCN(Cc3ccc(C(C)C)cc3)CC2)s1. The van der Waals surface area contributed by atoms with Crippen LogP contribution in [0.15, 0.2) is 36.4 Å². The normalized spacial score (nSPS) is 15.9. The van der Waals surface area contributed by atoms with Gasteiger partial charge in [0.15, 0.2) is 0 Å². The number of piperazine rings is 1. The van der Waals surface area contributed by atoms with Crippen molar-refractivity contribution in [1.82, 2.24) is 9.80 Å². The largest absolute Gasteiger partial charge is 0.335 e. The van der Waals surface area contributed by atoms with Crippen LogP contribution in [0.3, 0.4) is 0 Å². The van der Waals surface area contributed by atoms with Gasteiger partial charge in [-0.1, -0.05) is 38.1 Å². The summed E-state index contributed by atoms with van der Waals surface area (Å²) in [4.78, 5) is 19.0. The Morgan fingerprint density at radius 2 is 1.71 bits per heavy atom. The summed E-state index contributed by atoms with van der Waals surface area (Å²) >= 11 is 1.59. The molecule has 1 saturated heterocycles. The summed E-state index contributed by atoms with van der Waals surface area (Å²) in [5.74, 6) is 0.767. The summed E-state index contributed by atoms with van der Waals surface area (Å²) in [5.41, 5.74) is 2.74. The molecule has 24 heavy (non-hydrogen) atoms. The Morgan fingerprint density at radius 1 is 1.04 bits per heavy atom. The number of carbonyl (C=O) groups is 1. The lowest BCUT2D eigenvalue weighted by atomic mass is 10.0. The molecular weight excluding hydrogens is 316 g/mol. The van der Waals surface area contributed by atoms with Gasteiger partial charge < -0.3 is 4.90 Å². The van der Waals surface area contributed by atoms with Crippen molar-refractivity contribution in [2.75, 3.05) is 26.2 Å². The monoisotopic (exact) mass is 342 g/mol. The lowest BCUT2D eigenvalue weighted by molar-refractivity contribution is 0.0633. The maximum absolute atomic E-state index is 12.5. The second-order valence-corrected chi connectivity index (χ2v) is 8.16. The molecule has 0 aliphatic carbocycles. The van der Waals surface area contributed by atoms with Gasteiger partial charge in [-0.15, -0.1) is 11.3 Å². The van der Waals surface area contributed by atoms with Gasteiger partial charge in [-0.25, -0.2) is 0 Å². The Kier molecular flexibility index (Phi) is 5.36. The summed E-state index contributed by atoms with van der Waals surface area (Å²) in [7, 11) is 0. The molecule has 0 spiro atoms. The van der Waals surface area contributed by atoms with E-state index in [9.17, 15) is 4.79 Å². The van der Waals surface area contributed by atoms with Gasteiger partial charge in [0.2, 0.25) is 0 Å². The Balaban J connectivity index is 1.52. The Bertz CT molecular complexity index is 682. The van der Waals surface area contributed by atoms with Crippen molar-refractivity contribution in [2.45, 2.75) is 33.2 Å². The van der Waals surface area contributed by atoms with Gasteiger partial charge >= 0.3 is 0 Å². The van der Waals surface area contributed by atoms with Gasteiger partial charge in [0.05, 0.1) is 4.88 Å². The van der Waals surface area contributed by atoms with Crippen molar-refractivity contribution in [1.29, 1.82) is 0 Å². The first-order valence-electron chi connectivity index (χ1n) is 8.70. The Hall–Kier alpha value is -1.65. The third-order valence-corrected chi connectivity index (χ3v) is 5.65. The predicted molar refractivity (Wildman–Crippen MR) is 101 cm³/mol. The van der Waals surface area contributed by atoms with Crippen LogP contribution in [-0.2, 0) is 6.54 Å². The molecule has 1 aliphatic heterocycles. The molecule has 1 aromatic carbocycles. The first kappa shape index (κ1) is 17.2. The van der Waals surface area contributed by atoms with E-state index in [4.69, 9.17) is 0 Å². The molecule has 1 amide bonds.